The summed E-state index contributed by atoms with van der Waals surface area (Å²) < 4.78 is 0.981. The zero-order valence-electron chi connectivity index (χ0n) is 14.7. The summed E-state index contributed by atoms with van der Waals surface area (Å²) in [5.41, 5.74) is 2.46. The predicted molar refractivity (Wildman–Crippen MR) is 109 cm³/mol. The van der Waals surface area contributed by atoms with Crippen LogP contribution in [0.5, 0.6) is 0 Å². The zero-order valence-corrected chi connectivity index (χ0v) is 16.2. The predicted octanol–water partition coefficient (Wildman–Crippen LogP) is 4.03. The molecule has 26 heavy (non-hydrogen) atoms. The molecule has 3 rings (SSSR count). The maximum Gasteiger partial charge on any atom is 0.225 e. The van der Waals surface area contributed by atoms with Crippen molar-refractivity contribution in [1.82, 2.24) is 14.9 Å². The van der Waals surface area contributed by atoms with Gasteiger partial charge < -0.3 is 15.5 Å². The molecule has 0 aliphatic carbocycles. The molecular formula is C19H20BrN5O. The number of aromatic nitrogens is 2. The van der Waals surface area contributed by atoms with Crippen LogP contribution in [-0.4, -0.2) is 41.4 Å². The molecule has 0 radical (unpaired) electrons. The molecule has 0 saturated heterocycles. The number of carbonyl (C=O) groups is 1. The van der Waals surface area contributed by atoms with Gasteiger partial charge in [-0.25, -0.2) is 9.97 Å². The van der Waals surface area contributed by atoms with Crippen LogP contribution in [0.3, 0.4) is 0 Å². The third-order valence-corrected chi connectivity index (χ3v) is 4.29. The fraction of sp³-hybridized carbons (Fsp3) is 0.211. The van der Waals surface area contributed by atoms with Crippen molar-refractivity contribution in [1.29, 1.82) is 0 Å². The summed E-state index contributed by atoms with van der Waals surface area (Å²) in [5, 5.41) is 7.09. The van der Waals surface area contributed by atoms with Crippen molar-refractivity contribution in [3.05, 3.63) is 53.3 Å². The monoisotopic (exact) mass is 413 g/mol. The van der Waals surface area contributed by atoms with Crippen molar-refractivity contribution in [2.75, 3.05) is 31.3 Å². The number of rotatable bonds is 6. The van der Waals surface area contributed by atoms with Crippen molar-refractivity contribution in [2.24, 2.45) is 0 Å². The smallest absolute Gasteiger partial charge is 0.225 e. The van der Waals surface area contributed by atoms with Crippen LogP contribution in [0.25, 0.3) is 10.9 Å². The molecule has 134 valence electrons. The SMILES string of the molecule is CN(C)CCC(=O)Nc1ccc2ncnc(Nc3cccc(Br)c3)c2c1. The number of halogens is 1. The van der Waals surface area contributed by atoms with Gasteiger partial charge in [-0.15, -0.1) is 0 Å². The van der Waals surface area contributed by atoms with Crippen molar-refractivity contribution in [3.8, 4) is 0 Å². The molecule has 0 unspecified atom stereocenters. The van der Waals surface area contributed by atoms with Crippen LogP contribution in [0.1, 0.15) is 6.42 Å². The number of amides is 1. The molecule has 0 fully saturated rings. The number of fused-ring (bicyclic) bond motifs is 1. The van der Waals surface area contributed by atoms with E-state index in [4.69, 9.17) is 0 Å². The Balaban J connectivity index is 1.84. The number of benzene rings is 2. The van der Waals surface area contributed by atoms with Gasteiger partial charge in [0.15, 0.2) is 0 Å². The number of hydrogen-bond donors (Lipinski definition) is 2. The first-order chi connectivity index (χ1) is 12.5. The van der Waals surface area contributed by atoms with Gasteiger partial charge in [-0.05, 0) is 50.5 Å². The quantitative estimate of drug-likeness (QED) is 0.638. The van der Waals surface area contributed by atoms with Gasteiger partial charge in [0.2, 0.25) is 5.91 Å². The Labute approximate surface area is 160 Å². The van der Waals surface area contributed by atoms with E-state index < -0.39 is 0 Å². The van der Waals surface area contributed by atoms with Crippen LogP contribution < -0.4 is 10.6 Å². The van der Waals surface area contributed by atoms with Gasteiger partial charge >= 0.3 is 0 Å². The molecule has 1 heterocycles. The molecule has 0 atom stereocenters. The molecule has 2 N–H and O–H groups in total. The minimum absolute atomic E-state index is 0.0172. The minimum atomic E-state index is -0.0172. The number of anilines is 3. The summed E-state index contributed by atoms with van der Waals surface area (Å²) in [4.78, 5) is 22.7. The van der Waals surface area contributed by atoms with E-state index in [2.05, 4.69) is 36.5 Å². The molecule has 0 bridgehead atoms. The Morgan fingerprint density at radius 3 is 2.73 bits per heavy atom. The topological polar surface area (TPSA) is 70.2 Å². The lowest BCUT2D eigenvalue weighted by Crippen LogP contribution is -2.20. The second-order valence-electron chi connectivity index (χ2n) is 6.19. The molecule has 0 aliphatic heterocycles. The molecular weight excluding hydrogens is 394 g/mol. The summed E-state index contributed by atoms with van der Waals surface area (Å²) in [5.74, 6) is 0.675. The number of nitrogens with zero attached hydrogens (tertiary/aromatic N) is 3. The van der Waals surface area contributed by atoms with Gasteiger partial charge in [0, 0.05) is 34.2 Å². The van der Waals surface area contributed by atoms with E-state index in [0.717, 1.165) is 26.8 Å². The van der Waals surface area contributed by atoms with Crippen LogP contribution in [-0.2, 0) is 4.79 Å². The van der Waals surface area contributed by atoms with Crippen LogP contribution in [0.15, 0.2) is 53.3 Å². The molecule has 0 saturated carbocycles. The fourth-order valence-electron chi connectivity index (χ4n) is 2.49. The first kappa shape index (κ1) is 18.3. The van der Waals surface area contributed by atoms with Gasteiger partial charge in [0.1, 0.15) is 12.1 Å². The highest BCUT2D eigenvalue weighted by molar-refractivity contribution is 9.10. The number of nitrogens with one attached hydrogen (secondary N) is 2. The summed E-state index contributed by atoms with van der Waals surface area (Å²) in [6.07, 6.45) is 1.97. The summed E-state index contributed by atoms with van der Waals surface area (Å²) in [7, 11) is 3.89. The van der Waals surface area contributed by atoms with Crippen molar-refractivity contribution in [3.63, 3.8) is 0 Å². The molecule has 7 heteroatoms. The molecule has 1 aromatic heterocycles. The van der Waals surface area contributed by atoms with Crippen LogP contribution in [0.2, 0.25) is 0 Å². The van der Waals surface area contributed by atoms with E-state index in [1.165, 1.54) is 6.33 Å². The largest absolute Gasteiger partial charge is 0.340 e. The zero-order chi connectivity index (χ0) is 18.5. The minimum Gasteiger partial charge on any atom is -0.340 e. The third kappa shape index (κ3) is 4.77. The molecule has 6 nitrogen and oxygen atoms in total. The highest BCUT2D eigenvalue weighted by Gasteiger charge is 2.08. The molecule has 0 spiro atoms. The van der Waals surface area contributed by atoms with Gasteiger partial charge in [-0.3, -0.25) is 4.79 Å². The first-order valence-electron chi connectivity index (χ1n) is 8.23. The molecule has 1 amide bonds. The molecule has 2 aromatic carbocycles. The van der Waals surface area contributed by atoms with Crippen molar-refractivity contribution < 1.29 is 4.79 Å². The summed E-state index contributed by atoms with van der Waals surface area (Å²) in [6.45, 7) is 0.707. The lowest BCUT2D eigenvalue weighted by Gasteiger charge is -2.12. The number of hydrogen-bond acceptors (Lipinski definition) is 5. The highest BCUT2D eigenvalue weighted by atomic mass is 79.9. The van der Waals surface area contributed by atoms with E-state index in [-0.39, 0.29) is 5.91 Å². The van der Waals surface area contributed by atoms with Gasteiger partial charge in [0.05, 0.1) is 5.52 Å². The second kappa shape index (κ2) is 8.25. The molecule has 0 aliphatic rings. The molecule has 3 aromatic rings. The van der Waals surface area contributed by atoms with E-state index in [0.29, 0.717) is 18.8 Å². The highest BCUT2D eigenvalue weighted by Crippen LogP contribution is 2.26. The summed E-state index contributed by atoms with van der Waals surface area (Å²) >= 11 is 3.47. The third-order valence-electron chi connectivity index (χ3n) is 3.79. The van der Waals surface area contributed by atoms with E-state index in [1.807, 2.05) is 61.5 Å². The van der Waals surface area contributed by atoms with Crippen LogP contribution in [0.4, 0.5) is 17.2 Å². The Hall–Kier alpha value is -2.51. The maximum atomic E-state index is 12.1. The Bertz CT molecular complexity index is 929. The van der Waals surface area contributed by atoms with E-state index >= 15 is 0 Å². The summed E-state index contributed by atoms with van der Waals surface area (Å²) in [6, 6.07) is 13.5. The fourth-order valence-corrected chi connectivity index (χ4v) is 2.88. The van der Waals surface area contributed by atoms with E-state index in [1.54, 1.807) is 0 Å². The lowest BCUT2D eigenvalue weighted by molar-refractivity contribution is -0.116. The Morgan fingerprint density at radius 2 is 1.96 bits per heavy atom. The van der Waals surface area contributed by atoms with E-state index in [9.17, 15) is 4.79 Å². The standard InChI is InChI=1S/C19H20BrN5O/c1-25(2)9-8-18(26)23-15-6-7-17-16(11-15)19(22-12-21-17)24-14-5-3-4-13(20)10-14/h3-7,10-12H,8-9H2,1-2H3,(H,23,26)(H,21,22,24). The van der Waals surface area contributed by atoms with Crippen LogP contribution >= 0.6 is 15.9 Å². The first-order valence-corrected chi connectivity index (χ1v) is 9.02. The normalized spacial score (nSPS) is 10.9. The van der Waals surface area contributed by atoms with Gasteiger partial charge in [0.25, 0.3) is 0 Å². The lowest BCUT2D eigenvalue weighted by atomic mass is 10.2. The second-order valence-corrected chi connectivity index (χ2v) is 7.11. The average molecular weight is 414 g/mol. The Morgan fingerprint density at radius 1 is 1.12 bits per heavy atom. The van der Waals surface area contributed by atoms with Crippen molar-refractivity contribution >= 4 is 49.9 Å². The van der Waals surface area contributed by atoms with Gasteiger partial charge in [-0.2, -0.15) is 0 Å². The van der Waals surface area contributed by atoms with Gasteiger partial charge in [-0.1, -0.05) is 22.0 Å². The average Bonchev–Trinajstić information content (AvgIpc) is 2.60. The maximum absolute atomic E-state index is 12.1. The Kier molecular flexibility index (Phi) is 5.80. The van der Waals surface area contributed by atoms with Crippen molar-refractivity contribution in [2.45, 2.75) is 6.42 Å². The number of carbonyl (C=O) groups excluding carboxylic acids is 1. The van der Waals surface area contributed by atoms with Crippen LogP contribution in [0, 0.1) is 0 Å².